The number of benzene rings is 2. The summed E-state index contributed by atoms with van der Waals surface area (Å²) in [6.45, 7) is 3.98. The number of fused-ring (bicyclic) bond motifs is 6. The Labute approximate surface area is 381 Å². The van der Waals surface area contributed by atoms with Crippen molar-refractivity contribution in [2.45, 2.75) is 153 Å². The smallest absolute Gasteiger partial charge is 0.338 e. The van der Waals surface area contributed by atoms with Gasteiger partial charge in [0.05, 0.1) is 53.1 Å². The molecule has 349 valence electrons. The number of carbonyl (C=O) groups is 2. The van der Waals surface area contributed by atoms with E-state index in [1.165, 1.54) is 154 Å². The zero-order valence-corrected chi connectivity index (χ0v) is 40.5. The van der Waals surface area contributed by atoms with Gasteiger partial charge in [0.25, 0.3) is 0 Å². The van der Waals surface area contributed by atoms with E-state index in [0.717, 1.165) is 37.2 Å². The minimum Gasteiger partial charge on any atom is -0.497 e. The van der Waals surface area contributed by atoms with Crippen molar-refractivity contribution in [3.63, 3.8) is 0 Å². The molecule has 63 heavy (non-hydrogen) atoms. The van der Waals surface area contributed by atoms with Crippen LogP contribution in [0.4, 0.5) is 0 Å². The van der Waals surface area contributed by atoms with E-state index in [4.69, 9.17) is 33.2 Å². The predicted octanol–water partition coefficient (Wildman–Crippen LogP) is 11.0. The van der Waals surface area contributed by atoms with Crippen LogP contribution in [0.5, 0.6) is 23.0 Å². The first-order valence-corrected chi connectivity index (χ1v) is 24.7. The van der Waals surface area contributed by atoms with E-state index < -0.39 is 24.1 Å². The number of aromatic nitrogens is 1. The van der Waals surface area contributed by atoms with Gasteiger partial charge in [-0.25, -0.2) is 4.79 Å². The topological polar surface area (TPSA) is 118 Å². The SMILES string of the molecule is CCCCCCCCCCCCCCCCCC[Si].COC(=O)[C@H]1[C@H]2C[C@@H]3c4[nH]c5cc(OC)ccc5c4CCN3C[C@H]2C[C@@H](OC(=O)c2cc(OC)c(OC)c(OC)c2)[C@@H]1OC. The maximum absolute atomic E-state index is 13.5. The van der Waals surface area contributed by atoms with Gasteiger partial charge in [0, 0.05) is 53.1 Å². The van der Waals surface area contributed by atoms with E-state index in [-0.39, 0.29) is 29.4 Å². The average Bonchev–Trinajstić information content (AvgIpc) is 3.69. The Morgan fingerprint density at radius 1 is 0.746 bits per heavy atom. The van der Waals surface area contributed by atoms with Crippen LogP contribution in [0.15, 0.2) is 30.3 Å². The largest absolute Gasteiger partial charge is 0.497 e. The predicted molar refractivity (Wildman–Crippen MR) is 251 cm³/mol. The molecule has 3 aromatic rings. The molecule has 3 heterocycles. The number of aromatic amines is 1. The van der Waals surface area contributed by atoms with Crippen LogP contribution in [0.2, 0.25) is 6.04 Å². The maximum atomic E-state index is 13.5. The fourth-order valence-corrected chi connectivity index (χ4v) is 10.7. The monoisotopic (exact) mass is 890 g/mol. The number of methoxy groups -OCH3 is 6. The van der Waals surface area contributed by atoms with Crippen LogP contribution in [0, 0.1) is 17.8 Å². The first kappa shape index (κ1) is 50.3. The van der Waals surface area contributed by atoms with Gasteiger partial charge >= 0.3 is 11.9 Å². The van der Waals surface area contributed by atoms with Gasteiger partial charge in [-0.1, -0.05) is 116 Å². The van der Waals surface area contributed by atoms with E-state index in [9.17, 15) is 9.59 Å². The molecule has 1 aliphatic carbocycles. The van der Waals surface area contributed by atoms with Gasteiger partial charge in [0.2, 0.25) is 5.75 Å². The maximum Gasteiger partial charge on any atom is 0.338 e. The second-order valence-corrected chi connectivity index (χ2v) is 18.2. The summed E-state index contributed by atoms with van der Waals surface area (Å²) < 4.78 is 39.1. The third-order valence-corrected chi connectivity index (χ3v) is 14.1. The molecule has 1 N–H and O–H groups in total. The van der Waals surface area contributed by atoms with Gasteiger partial charge in [-0.3, -0.25) is 9.69 Å². The third-order valence-electron chi connectivity index (χ3n) is 13.8. The van der Waals surface area contributed by atoms with E-state index in [1.807, 2.05) is 12.1 Å². The molecule has 2 aliphatic heterocycles. The summed E-state index contributed by atoms with van der Waals surface area (Å²) in [4.78, 5) is 33.1. The first-order valence-electron chi connectivity index (χ1n) is 24.0. The molecule has 0 amide bonds. The van der Waals surface area contributed by atoms with Gasteiger partial charge in [0.1, 0.15) is 18.0 Å². The van der Waals surface area contributed by atoms with Gasteiger partial charge < -0.3 is 38.1 Å². The number of nitrogens with one attached hydrogen (secondary N) is 1. The summed E-state index contributed by atoms with van der Waals surface area (Å²) in [5, 5.41) is 1.21. The molecule has 6 atom stereocenters. The lowest BCUT2D eigenvalue weighted by Gasteiger charge is -2.52. The number of hydrogen-bond acceptors (Lipinski definition) is 10. The van der Waals surface area contributed by atoms with Crippen LogP contribution in [-0.4, -0.2) is 100 Å². The highest BCUT2D eigenvalue weighted by atomic mass is 28.1. The number of ether oxygens (including phenoxy) is 7. The van der Waals surface area contributed by atoms with Crippen molar-refractivity contribution in [1.29, 1.82) is 0 Å². The number of hydrogen-bond donors (Lipinski definition) is 1. The Kier molecular flexibility index (Phi) is 21.0. The van der Waals surface area contributed by atoms with Gasteiger partial charge in [-0.15, -0.1) is 0 Å². The van der Waals surface area contributed by atoms with Crippen LogP contribution < -0.4 is 18.9 Å². The number of carbonyl (C=O) groups excluding carboxylic acids is 2. The third kappa shape index (κ3) is 13.2. The summed E-state index contributed by atoms with van der Waals surface area (Å²) in [6, 6.07) is 10.6. The van der Waals surface area contributed by atoms with Crippen molar-refractivity contribution in [1.82, 2.24) is 9.88 Å². The van der Waals surface area contributed by atoms with Crippen LogP contribution in [0.25, 0.3) is 10.9 Å². The van der Waals surface area contributed by atoms with Crippen molar-refractivity contribution in [3.8, 4) is 23.0 Å². The molecule has 3 aliphatic rings. The highest BCUT2D eigenvalue weighted by molar-refractivity contribution is 6.08. The van der Waals surface area contributed by atoms with Crippen molar-refractivity contribution >= 4 is 33.1 Å². The Balaban J connectivity index is 0.000000334. The molecule has 2 aromatic carbocycles. The lowest BCUT2D eigenvalue weighted by molar-refractivity contribution is -0.176. The molecule has 1 aromatic heterocycles. The van der Waals surface area contributed by atoms with Gasteiger partial charge in [-0.05, 0) is 60.9 Å². The summed E-state index contributed by atoms with van der Waals surface area (Å²) in [6.07, 6.45) is 24.2. The molecule has 3 radical (unpaired) electrons. The summed E-state index contributed by atoms with van der Waals surface area (Å²) >= 11 is 0. The lowest BCUT2D eigenvalue weighted by Crippen LogP contribution is -2.58. The quantitative estimate of drug-likeness (QED) is 0.0529. The molecular weight excluding hydrogens is 813 g/mol. The minimum absolute atomic E-state index is 0.0170. The van der Waals surface area contributed by atoms with Crippen LogP contribution in [0.3, 0.4) is 0 Å². The highest BCUT2D eigenvalue weighted by Crippen LogP contribution is 2.51. The number of nitrogens with zero attached hydrogens (tertiary/aromatic N) is 1. The second kappa shape index (κ2) is 26.3. The number of unbranched alkanes of at least 4 members (excludes halogenated alkanes) is 15. The van der Waals surface area contributed by atoms with Crippen LogP contribution in [0.1, 0.15) is 150 Å². The Morgan fingerprint density at radius 2 is 1.35 bits per heavy atom. The molecule has 0 bridgehead atoms. The molecule has 6 rings (SSSR count). The molecule has 11 nitrogen and oxygen atoms in total. The summed E-state index contributed by atoms with van der Waals surface area (Å²) in [5.41, 5.74) is 3.83. The Morgan fingerprint density at radius 3 is 1.87 bits per heavy atom. The number of H-pyrrole nitrogens is 1. The van der Waals surface area contributed by atoms with Crippen molar-refractivity contribution in [3.05, 3.63) is 47.2 Å². The van der Waals surface area contributed by atoms with Crippen molar-refractivity contribution in [2.75, 3.05) is 55.7 Å². The van der Waals surface area contributed by atoms with Crippen molar-refractivity contribution < 1.29 is 42.7 Å². The zero-order chi connectivity index (χ0) is 45.1. The molecular formula is C51H77N2O9Si. The molecule has 12 heteroatoms. The zero-order valence-electron chi connectivity index (χ0n) is 39.5. The molecule has 1 saturated carbocycles. The average molecular weight is 890 g/mol. The number of piperidine rings is 1. The lowest BCUT2D eigenvalue weighted by atomic mass is 9.63. The summed E-state index contributed by atoms with van der Waals surface area (Å²) in [5.74, 6) is 0.441. The number of esters is 2. The molecule has 0 unspecified atom stereocenters. The van der Waals surface area contributed by atoms with Crippen LogP contribution in [-0.2, 0) is 25.4 Å². The second-order valence-electron chi connectivity index (χ2n) is 17.7. The van der Waals surface area contributed by atoms with Crippen LogP contribution >= 0.6 is 0 Å². The first-order chi connectivity index (χ1) is 30.8. The van der Waals surface area contributed by atoms with E-state index in [0.29, 0.717) is 23.7 Å². The fraction of sp³-hybridized carbons (Fsp3) is 0.686. The fourth-order valence-electron chi connectivity index (χ4n) is 10.4. The molecule has 0 spiro atoms. The number of rotatable bonds is 24. The standard InChI is InChI=1S/C33H40N2O9.C18H37Si/c1-38-19-7-8-20-21-9-10-35-16-18-13-27(44-32(36)17-11-25(39-2)30(41-4)26(12-17)40-3)31(42-5)28(33(37)43-6)22(18)15-24(35)29(21)34-23(20)14-19;1-2-3-4-5-6-7-8-9-10-11-12-13-14-15-16-17-18-19/h7-8,11-12,14,18,22,24,27-28,31,34H,9-10,13,15-16H2,1-6H3;2-18H2,1H3/t18-,22+,24-,27-,28+,31+;/m1./s1. The van der Waals surface area contributed by atoms with Gasteiger partial charge in [-0.2, -0.15) is 0 Å². The Hall–Kier alpha value is -3.74. The normalized spacial score (nSPS) is 21.6. The molecule has 2 fully saturated rings. The Bertz CT molecular complexity index is 1810. The van der Waals surface area contributed by atoms with E-state index >= 15 is 0 Å². The van der Waals surface area contributed by atoms with E-state index in [1.54, 1.807) is 26.4 Å². The van der Waals surface area contributed by atoms with Gasteiger partial charge in [0.15, 0.2) is 11.5 Å². The minimum atomic E-state index is -0.670. The van der Waals surface area contributed by atoms with Crippen molar-refractivity contribution in [2.24, 2.45) is 17.8 Å². The highest BCUT2D eigenvalue weighted by Gasteiger charge is 2.54. The summed E-state index contributed by atoms with van der Waals surface area (Å²) in [7, 11) is 12.6. The van der Waals surface area contributed by atoms with E-state index in [2.05, 4.69) is 33.1 Å². The molecule has 1 saturated heterocycles.